The maximum atomic E-state index is 12.8. The Kier molecular flexibility index (Phi) is 6.56. The zero-order valence-electron chi connectivity index (χ0n) is 27.4. The molecule has 242 valence electrons. The van der Waals surface area contributed by atoms with Crippen molar-refractivity contribution in [1.29, 1.82) is 0 Å². The number of hydrogen-bond donors (Lipinski definition) is 0. The number of likely N-dealkylation sites (tertiary alicyclic amines) is 2. The van der Waals surface area contributed by atoms with E-state index in [1.54, 1.807) is 0 Å². The fraction of sp³-hybridized carbons (Fsp3) is 0.944. The highest BCUT2D eigenvalue weighted by Crippen LogP contribution is 2.87. The van der Waals surface area contributed by atoms with Gasteiger partial charge < -0.3 is 24.0 Å². The Morgan fingerprint density at radius 3 is 2.19 bits per heavy atom. The molecule has 0 aromatic rings. The summed E-state index contributed by atoms with van der Waals surface area (Å²) in [6.45, 7) is 15.2. The van der Waals surface area contributed by atoms with E-state index in [0.717, 1.165) is 63.7 Å². The fourth-order valence-corrected chi connectivity index (χ4v) is 12.7. The molecule has 43 heavy (non-hydrogen) atoms. The number of carbonyl (C=O) groups is 2. The van der Waals surface area contributed by atoms with Crippen molar-refractivity contribution in [3.05, 3.63) is 0 Å². The molecule has 0 radical (unpaired) electrons. The molecular weight excluding hydrogens is 540 g/mol. The molecule has 8 rings (SSSR count). The second-order valence-electron chi connectivity index (χ2n) is 17.5. The van der Waals surface area contributed by atoms with Gasteiger partial charge in [-0.05, 0) is 123 Å². The third-order valence-electron chi connectivity index (χ3n) is 15.3. The van der Waals surface area contributed by atoms with E-state index in [4.69, 9.17) is 14.2 Å². The molecule has 6 unspecified atom stereocenters. The highest BCUT2D eigenvalue weighted by molar-refractivity contribution is 5.69. The van der Waals surface area contributed by atoms with E-state index < -0.39 is 0 Å². The van der Waals surface area contributed by atoms with E-state index in [9.17, 15) is 9.59 Å². The normalized spacial score (nSPS) is 47.9. The number of hydrogen-bond acceptors (Lipinski definition) is 5. The molecule has 7 heteroatoms. The average Bonchev–Trinajstić information content (AvgIpc) is 3.46. The molecule has 0 aromatic heterocycles. The van der Waals surface area contributed by atoms with Crippen LogP contribution < -0.4 is 0 Å². The third kappa shape index (κ3) is 4.00. The predicted molar refractivity (Wildman–Crippen MR) is 165 cm³/mol. The van der Waals surface area contributed by atoms with Crippen LogP contribution in [0.25, 0.3) is 0 Å². The molecule has 0 bridgehead atoms. The Morgan fingerprint density at radius 1 is 0.814 bits per heavy atom. The first-order valence-electron chi connectivity index (χ1n) is 18.1. The van der Waals surface area contributed by atoms with E-state index in [1.807, 2.05) is 9.80 Å². The molecule has 7 nitrogen and oxygen atoms in total. The van der Waals surface area contributed by atoms with Gasteiger partial charge in [-0.3, -0.25) is 0 Å². The number of amides is 2. The molecule has 3 heterocycles. The molecule has 2 amide bonds. The summed E-state index contributed by atoms with van der Waals surface area (Å²) in [5.74, 6) is 3.07. The van der Waals surface area contributed by atoms with Crippen LogP contribution in [0, 0.1) is 51.2 Å². The van der Waals surface area contributed by atoms with Crippen molar-refractivity contribution in [3.63, 3.8) is 0 Å². The molecule has 5 saturated carbocycles. The Bertz CT molecular complexity index is 1160. The minimum absolute atomic E-state index is 0. The van der Waals surface area contributed by atoms with Crippen LogP contribution in [0.15, 0.2) is 0 Å². The van der Waals surface area contributed by atoms with Gasteiger partial charge in [0, 0.05) is 33.0 Å². The predicted octanol–water partition coefficient (Wildman–Crippen LogP) is 7.52. The second kappa shape index (κ2) is 9.75. The highest BCUT2D eigenvalue weighted by Gasteiger charge is 2.81. The molecule has 0 aromatic carbocycles. The summed E-state index contributed by atoms with van der Waals surface area (Å²) in [5.41, 5.74) is 1.34. The Hall–Kier alpha value is -1.50. The number of nitrogens with zero attached hydrogens (tertiary/aromatic N) is 2. The topological polar surface area (TPSA) is 68.3 Å². The number of rotatable bonds is 4. The first-order valence-corrected chi connectivity index (χ1v) is 18.1. The van der Waals surface area contributed by atoms with Crippen molar-refractivity contribution in [1.82, 2.24) is 9.80 Å². The Balaban J connectivity index is 0.00000312. The SMILES string of the molecule is CC(C)[C@@H](OC(=O)N1CCC1)C1CCC2C(CC3C4CCC5C(C)(C)[C@@H](OC(=O)N6CCC6)CC[C@@]56C[C@@]46CC[C@]23C)O1.[HH]. The summed E-state index contributed by atoms with van der Waals surface area (Å²) < 4.78 is 19.4. The lowest BCUT2D eigenvalue weighted by Gasteiger charge is -2.59. The van der Waals surface area contributed by atoms with Crippen LogP contribution in [-0.4, -0.2) is 72.6 Å². The maximum absolute atomic E-state index is 12.8. The lowest BCUT2D eigenvalue weighted by molar-refractivity contribution is -0.151. The van der Waals surface area contributed by atoms with Crippen LogP contribution >= 0.6 is 0 Å². The standard InChI is InChI=1S/C36H56N2O5.H2/c1-22(2)30(43-32(40)38-18-7-19-38)26-10-8-24-27(41-26)20-25-23-9-11-28-33(3,4)29(42-31(39)37-16-6-17-37)12-13-36(28)21-35(23,36)15-14-34(24,25)5;/h22-30H,6-21H2,1-5H3;1H/t23?,24?,25?,26?,27?,28?,29-,30+,34+,35-,36+;/m0./s1. The maximum Gasteiger partial charge on any atom is 0.410 e. The zero-order chi connectivity index (χ0) is 29.9. The number of ether oxygens (including phenoxy) is 3. The van der Waals surface area contributed by atoms with Crippen molar-refractivity contribution in [2.45, 2.75) is 136 Å². The summed E-state index contributed by atoms with van der Waals surface area (Å²) in [7, 11) is 0. The Labute approximate surface area is 260 Å². The second-order valence-corrected chi connectivity index (χ2v) is 17.5. The molecular formula is C36H58N2O5. The van der Waals surface area contributed by atoms with Gasteiger partial charge in [0.2, 0.25) is 0 Å². The van der Waals surface area contributed by atoms with Gasteiger partial charge in [-0.1, -0.05) is 34.6 Å². The molecule has 8 fully saturated rings. The molecule has 3 saturated heterocycles. The lowest BCUT2D eigenvalue weighted by atomic mass is 9.46. The van der Waals surface area contributed by atoms with Crippen LogP contribution in [0.1, 0.15) is 113 Å². The van der Waals surface area contributed by atoms with Gasteiger partial charge in [0.25, 0.3) is 0 Å². The van der Waals surface area contributed by atoms with E-state index >= 15 is 0 Å². The van der Waals surface area contributed by atoms with E-state index in [0.29, 0.717) is 34.2 Å². The molecule has 5 aliphatic carbocycles. The van der Waals surface area contributed by atoms with Gasteiger partial charge in [0.15, 0.2) is 0 Å². The quantitative estimate of drug-likeness (QED) is 0.335. The van der Waals surface area contributed by atoms with Crippen molar-refractivity contribution in [2.75, 3.05) is 26.2 Å². The van der Waals surface area contributed by atoms with Crippen LogP contribution in [0.4, 0.5) is 9.59 Å². The minimum atomic E-state index is -0.162. The summed E-state index contributed by atoms with van der Waals surface area (Å²) in [6, 6.07) is 0. The zero-order valence-corrected chi connectivity index (χ0v) is 27.4. The van der Waals surface area contributed by atoms with Gasteiger partial charge >= 0.3 is 12.2 Å². The van der Waals surface area contributed by atoms with Gasteiger partial charge in [0.05, 0.1) is 12.2 Å². The number of fused-ring (bicyclic) bond motifs is 4. The van der Waals surface area contributed by atoms with Crippen LogP contribution in [0.2, 0.25) is 0 Å². The third-order valence-corrected chi connectivity index (χ3v) is 15.3. The van der Waals surface area contributed by atoms with Gasteiger partial charge in [0.1, 0.15) is 12.2 Å². The summed E-state index contributed by atoms with van der Waals surface area (Å²) in [5, 5.41) is 0. The largest absolute Gasteiger partial charge is 0.446 e. The smallest absolute Gasteiger partial charge is 0.410 e. The monoisotopic (exact) mass is 598 g/mol. The van der Waals surface area contributed by atoms with Gasteiger partial charge in [-0.2, -0.15) is 0 Å². The first-order chi connectivity index (χ1) is 20.5. The lowest BCUT2D eigenvalue weighted by Crippen LogP contribution is -2.56. The van der Waals surface area contributed by atoms with Crippen molar-refractivity contribution in [3.8, 4) is 0 Å². The fourth-order valence-electron chi connectivity index (χ4n) is 12.7. The molecule has 2 spiro atoms. The van der Waals surface area contributed by atoms with E-state index in [1.165, 1.54) is 51.4 Å². The highest BCUT2D eigenvalue weighted by atomic mass is 16.6. The van der Waals surface area contributed by atoms with E-state index in [2.05, 4.69) is 34.6 Å². The average molecular weight is 599 g/mol. The molecule has 3 aliphatic heterocycles. The minimum Gasteiger partial charge on any atom is -0.446 e. The van der Waals surface area contributed by atoms with Crippen molar-refractivity contribution in [2.24, 2.45) is 51.2 Å². The van der Waals surface area contributed by atoms with Crippen molar-refractivity contribution < 1.29 is 25.2 Å². The van der Waals surface area contributed by atoms with E-state index in [-0.39, 0.29) is 43.3 Å². The van der Waals surface area contributed by atoms with Crippen molar-refractivity contribution >= 4 is 12.2 Å². The summed E-state index contributed by atoms with van der Waals surface area (Å²) >= 11 is 0. The van der Waals surface area contributed by atoms with Gasteiger partial charge in [-0.25, -0.2) is 9.59 Å². The molecule has 11 atom stereocenters. The van der Waals surface area contributed by atoms with Crippen LogP contribution in [0.5, 0.6) is 0 Å². The van der Waals surface area contributed by atoms with Gasteiger partial charge in [-0.15, -0.1) is 0 Å². The summed E-state index contributed by atoms with van der Waals surface area (Å²) in [6.07, 6.45) is 14.6. The Morgan fingerprint density at radius 2 is 1.51 bits per heavy atom. The first kappa shape index (κ1) is 28.9. The molecule has 0 N–H and O–H groups in total. The summed E-state index contributed by atoms with van der Waals surface area (Å²) in [4.78, 5) is 29.3. The molecule has 8 aliphatic rings. The number of carbonyl (C=O) groups excluding carboxylic acids is 2. The van der Waals surface area contributed by atoms with Crippen LogP contribution in [0.3, 0.4) is 0 Å². The van der Waals surface area contributed by atoms with Crippen LogP contribution in [-0.2, 0) is 14.2 Å².